The van der Waals surface area contributed by atoms with Crippen molar-refractivity contribution in [3.05, 3.63) is 81.2 Å². The Morgan fingerprint density at radius 1 is 1.10 bits per heavy atom. The van der Waals surface area contributed by atoms with Gasteiger partial charge in [-0.2, -0.15) is 5.10 Å². The molecule has 0 aliphatic heterocycles. The SMILES string of the molecule is Cc1c(C(=O)Nc2cc(Cl)ccc2Cl)oc2c1/C(=N\Nc1ccccc1)CC(C)(C)C2. The molecule has 3 aromatic rings. The van der Waals surface area contributed by atoms with E-state index in [-0.39, 0.29) is 17.1 Å². The van der Waals surface area contributed by atoms with Crippen LogP contribution in [0.5, 0.6) is 0 Å². The van der Waals surface area contributed by atoms with E-state index < -0.39 is 0 Å². The molecular weight excluding hydrogens is 433 g/mol. The second-order valence-corrected chi connectivity index (χ2v) is 9.33. The predicted molar refractivity (Wildman–Crippen MR) is 127 cm³/mol. The van der Waals surface area contributed by atoms with E-state index in [1.165, 1.54) is 0 Å². The number of amides is 1. The van der Waals surface area contributed by atoms with Gasteiger partial charge >= 0.3 is 0 Å². The third-order valence-electron chi connectivity index (χ3n) is 5.27. The standard InChI is InChI=1S/C24H23Cl2N3O2/c1-14-21-19(29-28-16-7-5-4-6-8-16)12-24(2,3)13-20(21)31-22(14)23(30)27-18-11-15(25)9-10-17(18)26/h4-11,28H,12-13H2,1-3H3,(H,27,30)/b29-19-. The molecule has 0 saturated heterocycles. The molecule has 0 bridgehead atoms. The Morgan fingerprint density at radius 3 is 2.58 bits per heavy atom. The maximum atomic E-state index is 13.0. The Labute approximate surface area is 191 Å². The number of nitrogens with one attached hydrogen (secondary N) is 2. The molecule has 1 aliphatic rings. The molecule has 5 nitrogen and oxygen atoms in total. The van der Waals surface area contributed by atoms with Crippen molar-refractivity contribution in [3.8, 4) is 0 Å². The summed E-state index contributed by atoms with van der Waals surface area (Å²) < 4.78 is 6.06. The summed E-state index contributed by atoms with van der Waals surface area (Å²) in [5.74, 6) is 0.653. The molecule has 2 N–H and O–H groups in total. The Bertz CT molecular complexity index is 1170. The van der Waals surface area contributed by atoms with Crippen molar-refractivity contribution in [2.45, 2.75) is 33.6 Å². The number of carbonyl (C=O) groups is 1. The lowest BCUT2D eigenvalue weighted by molar-refractivity contribution is 0.0993. The number of hydrogen-bond donors (Lipinski definition) is 2. The van der Waals surface area contributed by atoms with Gasteiger partial charge in [0.2, 0.25) is 0 Å². The van der Waals surface area contributed by atoms with Crippen LogP contribution >= 0.6 is 23.2 Å². The van der Waals surface area contributed by atoms with Crippen molar-refractivity contribution in [1.29, 1.82) is 0 Å². The first-order chi connectivity index (χ1) is 14.7. The lowest BCUT2D eigenvalue weighted by Crippen LogP contribution is -2.27. The smallest absolute Gasteiger partial charge is 0.291 e. The normalized spacial score (nSPS) is 16.1. The topological polar surface area (TPSA) is 66.6 Å². The first kappa shape index (κ1) is 21.5. The monoisotopic (exact) mass is 455 g/mol. The Hall–Kier alpha value is -2.76. The van der Waals surface area contributed by atoms with Gasteiger partial charge in [0.25, 0.3) is 5.91 Å². The average molecular weight is 456 g/mol. The Kier molecular flexibility index (Phi) is 5.82. The second-order valence-electron chi connectivity index (χ2n) is 8.49. The molecule has 0 radical (unpaired) electrons. The molecule has 4 rings (SSSR count). The molecule has 1 amide bonds. The summed E-state index contributed by atoms with van der Waals surface area (Å²) in [5.41, 5.74) is 6.94. The van der Waals surface area contributed by atoms with E-state index in [1.807, 2.05) is 37.3 Å². The number of furan rings is 1. The summed E-state index contributed by atoms with van der Waals surface area (Å²) in [6.45, 7) is 6.21. The molecule has 2 aromatic carbocycles. The highest BCUT2D eigenvalue weighted by Crippen LogP contribution is 2.39. The lowest BCUT2D eigenvalue weighted by atomic mass is 9.75. The highest BCUT2D eigenvalue weighted by molar-refractivity contribution is 6.35. The number of carbonyl (C=O) groups excluding carboxylic acids is 1. The molecule has 31 heavy (non-hydrogen) atoms. The van der Waals surface area contributed by atoms with E-state index in [4.69, 9.17) is 27.6 Å². The average Bonchev–Trinajstić information content (AvgIpc) is 3.05. The molecule has 0 saturated carbocycles. The number of anilines is 2. The van der Waals surface area contributed by atoms with Crippen molar-refractivity contribution in [2.75, 3.05) is 10.7 Å². The summed E-state index contributed by atoms with van der Waals surface area (Å²) in [4.78, 5) is 13.0. The molecule has 0 atom stereocenters. The molecule has 1 aromatic heterocycles. The van der Waals surface area contributed by atoms with Crippen molar-refractivity contribution in [2.24, 2.45) is 10.5 Å². The van der Waals surface area contributed by atoms with Crippen LogP contribution in [0.15, 0.2) is 58.0 Å². The van der Waals surface area contributed by atoms with Gasteiger partial charge < -0.3 is 9.73 Å². The van der Waals surface area contributed by atoms with Gasteiger partial charge in [-0.25, -0.2) is 0 Å². The van der Waals surface area contributed by atoms with Crippen LogP contribution in [-0.4, -0.2) is 11.6 Å². The molecule has 1 aliphatic carbocycles. The van der Waals surface area contributed by atoms with Crippen molar-refractivity contribution in [3.63, 3.8) is 0 Å². The zero-order valence-electron chi connectivity index (χ0n) is 17.6. The van der Waals surface area contributed by atoms with Crippen LogP contribution in [0.4, 0.5) is 11.4 Å². The van der Waals surface area contributed by atoms with Gasteiger partial charge in [0, 0.05) is 22.6 Å². The van der Waals surface area contributed by atoms with E-state index in [0.717, 1.165) is 41.1 Å². The summed E-state index contributed by atoms with van der Waals surface area (Å²) in [5, 5.41) is 8.37. The second kappa shape index (κ2) is 8.40. The fraction of sp³-hybridized carbons (Fsp3) is 0.250. The summed E-state index contributed by atoms with van der Waals surface area (Å²) in [6.07, 6.45) is 1.49. The number of hydrogen-bond acceptors (Lipinski definition) is 4. The number of nitrogens with zero attached hydrogens (tertiary/aromatic N) is 1. The van der Waals surface area contributed by atoms with Crippen LogP contribution < -0.4 is 10.7 Å². The number of hydrazone groups is 1. The largest absolute Gasteiger partial charge is 0.455 e. The molecule has 0 spiro atoms. The molecular formula is C24H23Cl2N3O2. The van der Waals surface area contributed by atoms with Gasteiger partial charge in [0.05, 0.1) is 22.1 Å². The predicted octanol–water partition coefficient (Wildman–Crippen LogP) is 6.94. The highest BCUT2D eigenvalue weighted by atomic mass is 35.5. The van der Waals surface area contributed by atoms with Gasteiger partial charge in [-0.3, -0.25) is 10.2 Å². The van der Waals surface area contributed by atoms with E-state index in [0.29, 0.717) is 15.7 Å². The Balaban J connectivity index is 1.68. The van der Waals surface area contributed by atoms with Crippen LogP contribution in [0.2, 0.25) is 10.0 Å². The minimum absolute atomic E-state index is 0.0432. The summed E-state index contributed by atoms with van der Waals surface area (Å²) in [7, 11) is 0. The number of para-hydroxylation sites is 1. The van der Waals surface area contributed by atoms with E-state index in [9.17, 15) is 4.79 Å². The Morgan fingerprint density at radius 2 is 1.84 bits per heavy atom. The van der Waals surface area contributed by atoms with Crippen molar-refractivity contribution in [1.82, 2.24) is 0 Å². The van der Waals surface area contributed by atoms with Gasteiger partial charge in [-0.05, 0) is 49.1 Å². The zero-order valence-corrected chi connectivity index (χ0v) is 19.1. The van der Waals surface area contributed by atoms with Crippen LogP contribution in [0.3, 0.4) is 0 Å². The van der Waals surface area contributed by atoms with Crippen LogP contribution in [0.25, 0.3) is 0 Å². The molecule has 7 heteroatoms. The van der Waals surface area contributed by atoms with E-state index in [2.05, 4.69) is 29.7 Å². The number of rotatable bonds is 4. The van der Waals surface area contributed by atoms with Crippen LogP contribution in [0, 0.1) is 12.3 Å². The fourth-order valence-electron chi connectivity index (χ4n) is 3.84. The first-order valence-electron chi connectivity index (χ1n) is 10.0. The maximum Gasteiger partial charge on any atom is 0.291 e. The lowest BCUT2D eigenvalue weighted by Gasteiger charge is -2.29. The number of halogens is 2. The maximum absolute atomic E-state index is 13.0. The van der Waals surface area contributed by atoms with Gasteiger partial charge in [-0.15, -0.1) is 0 Å². The minimum Gasteiger partial charge on any atom is -0.455 e. The fourth-order valence-corrected chi connectivity index (χ4v) is 4.18. The first-order valence-corrected chi connectivity index (χ1v) is 10.8. The minimum atomic E-state index is -0.371. The summed E-state index contributed by atoms with van der Waals surface area (Å²) in [6, 6.07) is 14.7. The molecule has 160 valence electrons. The van der Waals surface area contributed by atoms with E-state index >= 15 is 0 Å². The van der Waals surface area contributed by atoms with Crippen LogP contribution in [-0.2, 0) is 6.42 Å². The molecule has 1 heterocycles. The molecule has 0 unspecified atom stereocenters. The van der Waals surface area contributed by atoms with Gasteiger partial charge in [0.1, 0.15) is 5.76 Å². The van der Waals surface area contributed by atoms with Gasteiger partial charge in [0.15, 0.2) is 5.76 Å². The van der Waals surface area contributed by atoms with Gasteiger partial charge in [-0.1, -0.05) is 55.2 Å². The number of benzene rings is 2. The van der Waals surface area contributed by atoms with Crippen LogP contribution in [0.1, 0.15) is 47.7 Å². The van der Waals surface area contributed by atoms with Crippen molar-refractivity contribution < 1.29 is 9.21 Å². The highest BCUT2D eigenvalue weighted by Gasteiger charge is 2.36. The third-order valence-corrected chi connectivity index (χ3v) is 5.83. The van der Waals surface area contributed by atoms with E-state index in [1.54, 1.807) is 18.2 Å². The molecule has 0 fully saturated rings. The summed E-state index contributed by atoms with van der Waals surface area (Å²) >= 11 is 12.2. The van der Waals surface area contributed by atoms with Crippen molar-refractivity contribution >= 4 is 46.2 Å². The quantitative estimate of drug-likeness (QED) is 0.418. The third kappa shape index (κ3) is 4.63. The zero-order chi connectivity index (χ0) is 22.2. The number of fused-ring (bicyclic) bond motifs is 1.